The van der Waals surface area contributed by atoms with Crippen LogP contribution in [-0.2, 0) is 4.74 Å². The van der Waals surface area contributed by atoms with E-state index in [-0.39, 0.29) is 12.2 Å². The number of nitrogens with one attached hydrogen (secondary N) is 1. The summed E-state index contributed by atoms with van der Waals surface area (Å²) in [5.74, 6) is 1.73. The van der Waals surface area contributed by atoms with E-state index in [1.54, 1.807) is 24.1 Å². The highest BCUT2D eigenvalue weighted by atomic mass is 35.5. The van der Waals surface area contributed by atoms with E-state index in [0.29, 0.717) is 27.1 Å². The number of methoxy groups -OCH3 is 1. The van der Waals surface area contributed by atoms with E-state index in [1.165, 1.54) is 0 Å². The summed E-state index contributed by atoms with van der Waals surface area (Å²) in [5.41, 5.74) is 0.754. The third-order valence-electron chi connectivity index (χ3n) is 3.82. The molecule has 0 spiro atoms. The lowest BCUT2D eigenvalue weighted by Gasteiger charge is -2.15. The molecule has 3 rings (SSSR count). The van der Waals surface area contributed by atoms with Gasteiger partial charge in [-0.05, 0) is 56.6 Å². The van der Waals surface area contributed by atoms with Crippen molar-refractivity contribution in [2.75, 3.05) is 13.7 Å². The Kier molecular flexibility index (Phi) is 5.95. The average Bonchev–Trinajstić information content (AvgIpc) is 3.24. The highest BCUT2D eigenvalue weighted by Gasteiger charge is 2.23. The van der Waals surface area contributed by atoms with E-state index in [2.05, 4.69) is 15.3 Å². The Morgan fingerprint density at radius 3 is 2.96 bits per heavy atom. The van der Waals surface area contributed by atoms with Crippen molar-refractivity contribution < 1.29 is 14.2 Å². The average molecular weight is 397 g/mol. The molecule has 9 heteroatoms. The van der Waals surface area contributed by atoms with Crippen molar-refractivity contribution in [2.24, 2.45) is 5.10 Å². The zero-order valence-corrected chi connectivity index (χ0v) is 16.4. The van der Waals surface area contributed by atoms with Gasteiger partial charge in [-0.2, -0.15) is 14.9 Å². The van der Waals surface area contributed by atoms with Crippen LogP contribution in [0, 0.1) is 4.77 Å². The summed E-state index contributed by atoms with van der Waals surface area (Å²) in [6.07, 6.45) is 3.44. The molecular weight excluding hydrogens is 376 g/mol. The number of benzene rings is 1. The molecule has 2 heterocycles. The third-order valence-corrected chi connectivity index (χ3v) is 4.37. The van der Waals surface area contributed by atoms with Gasteiger partial charge in [-0.3, -0.25) is 5.10 Å². The summed E-state index contributed by atoms with van der Waals surface area (Å²) in [7, 11) is 1.57. The molecule has 1 aromatic carbocycles. The SMILES string of the molecule is COc1cc(/C=N\n2c([C@@H]3CCCO3)n[nH]c2=S)cc(Cl)c1OC(C)C. The van der Waals surface area contributed by atoms with Gasteiger partial charge in [0.25, 0.3) is 0 Å². The normalized spacial score (nSPS) is 17.3. The number of aromatic nitrogens is 3. The zero-order valence-electron chi connectivity index (χ0n) is 14.9. The number of hydrogen-bond acceptors (Lipinski definition) is 6. The lowest BCUT2D eigenvalue weighted by atomic mass is 10.2. The summed E-state index contributed by atoms with van der Waals surface area (Å²) in [6, 6.07) is 3.57. The van der Waals surface area contributed by atoms with Crippen LogP contribution in [0.4, 0.5) is 0 Å². The molecule has 26 heavy (non-hydrogen) atoms. The van der Waals surface area contributed by atoms with Gasteiger partial charge in [0.1, 0.15) is 6.10 Å². The van der Waals surface area contributed by atoms with Crippen molar-refractivity contribution in [3.8, 4) is 11.5 Å². The number of H-pyrrole nitrogens is 1. The molecule has 140 valence electrons. The van der Waals surface area contributed by atoms with Gasteiger partial charge in [-0.15, -0.1) is 0 Å². The fourth-order valence-corrected chi connectivity index (χ4v) is 3.14. The largest absolute Gasteiger partial charge is 0.493 e. The minimum atomic E-state index is -0.0972. The van der Waals surface area contributed by atoms with Gasteiger partial charge in [0.15, 0.2) is 17.3 Å². The van der Waals surface area contributed by atoms with Crippen molar-refractivity contribution in [1.82, 2.24) is 14.9 Å². The molecule has 0 amide bonds. The highest BCUT2D eigenvalue weighted by molar-refractivity contribution is 7.71. The summed E-state index contributed by atoms with van der Waals surface area (Å²) < 4.78 is 18.8. The van der Waals surface area contributed by atoms with Gasteiger partial charge < -0.3 is 14.2 Å². The Bertz CT molecular complexity index is 856. The van der Waals surface area contributed by atoms with Crippen molar-refractivity contribution >= 4 is 30.0 Å². The molecule has 1 atom stereocenters. The molecule has 1 N–H and O–H groups in total. The van der Waals surface area contributed by atoms with Crippen LogP contribution >= 0.6 is 23.8 Å². The Morgan fingerprint density at radius 2 is 2.31 bits per heavy atom. The standard InChI is InChI=1S/C17H21ClN4O3S/c1-10(2)25-15-12(18)7-11(8-14(15)23-3)9-19-22-16(20-21-17(22)26)13-5-4-6-24-13/h7-10,13H,4-6H2,1-3H3,(H,21,26)/b19-9-/t13-/m0/s1. The molecule has 7 nitrogen and oxygen atoms in total. The molecule has 0 saturated carbocycles. The van der Waals surface area contributed by atoms with Crippen LogP contribution in [0.3, 0.4) is 0 Å². The van der Waals surface area contributed by atoms with E-state index >= 15 is 0 Å². The molecule has 1 aromatic heterocycles. The van der Waals surface area contributed by atoms with Gasteiger partial charge in [0.05, 0.1) is 24.5 Å². The molecule has 1 saturated heterocycles. The molecule has 1 aliphatic heterocycles. The third kappa shape index (κ3) is 4.08. The Morgan fingerprint density at radius 1 is 1.50 bits per heavy atom. The number of halogens is 1. The van der Waals surface area contributed by atoms with Crippen molar-refractivity contribution in [2.45, 2.75) is 38.9 Å². The van der Waals surface area contributed by atoms with E-state index in [1.807, 2.05) is 19.9 Å². The van der Waals surface area contributed by atoms with E-state index in [0.717, 1.165) is 25.0 Å². The second kappa shape index (κ2) is 8.20. The summed E-state index contributed by atoms with van der Waals surface area (Å²) in [4.78, 5) is 0. The predicted octanol–water partition coefficient (Wildman–Crippen LogP) is 4.12. The van der Waals surface area contributed by atoms with Gasteiger partial charge in [0.2, 0.25) is 4.77 Å². The van der Waals surface area contributed by atoms with Crippen molar-refractivity contribution in [3.05, 3.63) is 33.3 Å². The van der Waals surface area contributed by atoms with E-state index in [4.69, 9.17) is 38.0 Å². The molecule has 0 radical (unpaired) electrons. The van der Waals surface area contributed by atoms with Crippen LogP contribution in [0.25, 0.3) is 0 Å². The smallest absolute Gasteiger partial charge is 0.216 e. The lowest BCUT2D eigenvalue weighted by Crippen LogP contribution is -2.08. The molecule has 0 aliphatic carbocycles. The van der Waals surface area contributed by atoms with Gasteiger partial charge in [0, 0.05) is 6.61 Å². The van der Waals surface area contributed by atoms with E-state index < -0.39 is 0 Å². The van der Waals surface area contributed by atoms with Crippen LogP contribution in [-0.4, -0.2) is 40.9 Å². The summed E-state index contributed by atoms with van der Waals surface area (Å²) >= 11 is 11.6. The maximum absolute atomic E-state index is 6.35. The Balaban J connectivity index is 1.91. The maximum atomic E-state index is 6.35. The quantitative estimate of drug-likeness (QED) is 0.587. The Labute approximate surface area is 161 Å². The van der Waals surface area contributed by atoms with Crippen LogP contribution in [0.5, 0.6) is 11.5 Å². The number of hydrogen-bond donors (Lipinski definition) is 1. The molecule has 1 aliphatic rings. The van der Waals surface area contributed by atoms with Crippen LogP contribution in [0.1, 0.15) is 44.2 Å². The molecule has 0 bridgehead atoms. The topological polar surface area (TPSA) is 73.7 Å². The molecular formula is C17H21ClN4O3S. The molecule has 2 aromatic rings. The second-order valence-corrected chi connectivity index (χ2v) is 6.94. The van der Waals surface area contributed by atoms with Gasteiger partial charge >= 0.3 is 0 Å². The predicted molar refractivity (Wildman–Crippen MR) is 102 cm³/mol. The van der Waals surface area contributed by atoms with Crippen LogP contribution in [0.2, 0.25) is 5.02 Å². The van der Waals surface area contributed by atoms with E-state index in [9.17, 15) is 0 Å². The number of rotatable bonds is 6. The first kappa shape index (κ1) is 18.9. The zero-order chi connectivity index (χ0) is 18.7. The first-order chi connectivity index (χ1) is 12.5. The monoisotopic (exact) mass is 396 g/mol. The number of nitrogens with zero attached hydrogens (tertiary/aromatic N) is 3. The summed E-state index contributed by atoms with van der Waals surface area (Å²) in [6.45, 7) is 4.58. The second-order valence-electron chi connectivity index (χ2n) is 6.15. The maximum Gasteiger partial charge on any atom is 0.216 e. The molecule has 0 unspecified atom stereocenters. The Hall–Kier alpha value is -1.90. The molecule has 1 fully saturated rings. The minimum Gasteiger partial charge on any atom is -0.493 e. The first-order valence-electron chi connectivity index (χ1n) is 8.37. The highest BCUT2D eigenvalue weighted by Crippen LogP contribution is 2.36. The van der Waals surface area contributed by atoms with Crippen molar-refractivity contribution in [3.63, 3.8) is 0 Å². The fraction of sp³-hybridized carbons (Fsp3) is 0.471. The van der Waals surface area contributed by atoms with Crippen LogP contribution in [0.15, 0.2) is 17.2 Å². The van der Waals surface area contributed by atoms with Crippen LogP contribution < -0.4 is 9.47 Å². The first-order valence-corrected chi connectivity index (χ1v) is 9.15. The summed E-state index contributed by atoms with van der Waals surface area (Å²) in [5, 5.41) is 11.9. The minimum absolute atomic E-state index is 0.0147. The number of aromatic amines is 1. The number of ether oxygens (including phenoxy) is 3. The van der Waals surface area contributed by atoms with Gasteiger partial charge in [-0.1, -0.05) is 11.6 Å². The fourth-order valence-electron chi connectivity index (χ4n) is 2.69. The lowest BCUT2D eigenvalue weighted by molar-refractivity contribution is 0.102. The van der Waals surface area contributed by atoms with Crippen molar-refractivity contribution in [1.29, 1.82) is 0 Å². The van der Waals surface area contributed by atoms with Gasteiger partial charge in [-0.25, -0.2) is 0 Å².